The molecule has 0 saturated carbocycles. The van der Waals surface area contributed by atoms with Crippen LogP contribution in [0.25, 0.3) is 0 Å². The van der Waals surface area contributed by atoms with E-state index in [0.29, 0.717) is 22.9 Å². The van der Waals surface area contributed by atoms with Crippen LogP contribution in [0.4, 0.5) is 11.4 Å². The Kier molecular flexibility index (Phi) is 5.26. The molecule has 0 saturated heterocycles. The summed E-state index contributed by atoms with van der Waals surface area (Å²) in [4.78, 5) is 11.9. The molecule has 0 spiro atoms. The van der Waals surface area contributed by atoms with Crippen LogP contribution in [-0.2, 0) is 4.79 Å². The average Bonchev–Trinajstić information content (AvgIpc) is 2.47. The normalized spacial score (nSPS) is 10.0. The van der Waals surface area contributed by atoms with Crippen LogP contribution in [0.1, 0.15) is 0 Å². The van der Waals surface area contributed by atoms with E-state index < -0.39 is 0 Å². The van der Waals surface area contributed by atoms with Crippen LogP contribution >= 0.6 is 22.6 Å². The molecular formula is C15H15IN2O3. The zero-order valence-corrected chi connectivity index (χ0v) is 13.6. The molecule has 0 unspecified atom stereocenters. The van der Waals surface area contributed by atoms with Gasteiger partial charge < -0.3 is 20.5 Å². The van der Waals surface area contributed by atoms with Gasteiger partial charge in [-0.25, -0.2) is 0 Å². The first-order valence-electron chi connectivity index (χ1n) is 6.20. The Bertz CT molecular complexity index is 647. The van der Waals surface area contributed by atoms with Crippen LogP contribution in [0, 0.1) is 3.57 Å². The van der Waals surface area contributed by atoms with Crippen LogP contribution in [0.3, 0.4) is 0 Å². The fourth-order valence-corrected chi connectivity index (χ4v) is 2.22. The number of hydrogen-bond donors (Lipinski definition) is 2. The molecule has 0 aliphatic carbocycles. The van der Waals surface area contributed by atoms with Crippen LogP contribution < -0.4 is 20.5 Å². The number of carbonyl (C=O) groups is 1. The fourth-order valence-electron chi connectivity index (χ4n) is 1.70. The molecule has 5 nitrogen and oxygen atoms in total. The second-order valence-electron chi connectivity index (χ2n) is 4.25. The maximum absolute atomic E-state index is 11.9. The van der Waals surface area contributed by atoms with Gasteiger partial charge in [-0.3, -0.25) is 4.79 Å². The predicted octanol–water partition coefficient (Wildman–Crippen LogP) is 2.90. The van der Waals surface area contributed by atoms with Crippen molar-refractivity contribution in [2.24, 2.45) is 0 Å². The van der Waals surface area contributed by atoms with Gasteiger partial charge in [-0.1, -0.05) is 6.07 Å². The summed E-state index contributed by atoms with van der Waals surface area (Å²) in [5, 5.41) is 2.73. The number of hydrogen-bond acceptors (Lipinski definition) is 4. The molecule has 2 rings (SSSR count). The minimum absolute atomic E-state index is 0.0758. The number of amides is 1. The van der Waals surface area contributed by atoms with Crippen LogP contribution in [-0.4, -0.2) is 19.6 Å². The van der Waals surface area contributed by atoms with Crippen LogP contribution in [0.5, 0.6) is 11.5 Å². The summed E-state index contributed by atoms with van der Waals surface area (Å²) in [6.45, 7) is -0.0758. The van der Waals surface area contributed by atoms with E-state index in [1.165, 1.54) is 7.11 Å². The van der Waals surface area contributed by atoms with Crippen molar-refractivity contribution in [2.75, 3.05) is 24.8 Å². The van der Waals surface area contributed by atoms with E-state index in [-0.39, 0.29) is 12.5 Å². The highest BCUT2D eigenvalue weighted by molar-refractivity contribution is 14.1. The molecule has 0 heterocycles. The molecular weight excluding hydrogens is 383 g/mol. The summed E-state index contributed by atoms with van der Waals surface area (Å²) in [5.41, 5.74) is 6.79. The molecule has 21 heavy (non-hydrogen) atoms. The Morgan fingerprint density at radius 1 is 1.29 bits per heavy atom. The van der Waals surface area contributed by atoms with Crippen molar-refractivity contribution in [1.29, 1.82) is 0 Å². The minimum atomic E-state index is -0.267. The molecule has 6 heteroatoms. The maximum Gasteiger partial charge on any atom is 0.262 e. The van der Waals surface area contributed by atoms with Crippen molar-refractivity contribution >= 4 is 39.9 Å². The number of carbonyl (C=O) groups excluding carboxylic acids is 1. The van der Waals surface area contributed by atoms with Crippen molar-refractivity contribution < 1.29 is 14.3 Å². The number of anilines is 2. The molecule has 0 aliphatic heterocycles. The van der Waals surface area contributed by atoms with Gasteiger partial charge in [0.05, 0.1) is 12.8 Å². The summed E-state index contributed by atoms with van der Waals surface area (Å²) in [6.07, 6.45) is 0. The molecule has 1 amide bonds. The average molecular weight is 398 g/mol. The monoisotopic (exact) mass is 398 g/mol. The molecule has 0 radical (unpaired) electrons. The number of methoxy groups -OCH3 is 1. The summed E-state index contributed by atoms with van der Waals surface area (Å²) in [6, 6.07) is 12.5. The van der Waals surface area contributed by atoms with Crippen molar-refractivity contribution in [3.05, 3.63) is 46.0 Å². The quantitative estimate of drug-likeness (QED) is 0.600. The lowest BCUT2D eigenvalue weighted by Gasteiger charge is -2.11. The van der Waals surface area contributed by atoms with E-state index in [1.807, 2.05) is 18.2 Å². The van der Waals surface area contributed by atoms with Crippen molar-refractivity contribution in [3.8, 4) is 11.5 Å². The molecule has 3 N–H and O–H groups in total. The number of rotatable bonds is 5. The first-order valence-corrected chi connectivity index (χ1v) is 7.28. The number of nitrogen functional groups attached to an aromatic ring is 1. The Hall–Kier alpha value is -1.96. The van der Waals surface area contributed by atoms with Gasteiger partial charge in [-0.2, -0.15) is 0 Å². The topological polar surface area (TPSA) is 73.6 Å². The molecule has 0 aliphatic rings. The SMILES string of the molecule is COc1cc(N)ccc1NC(=O)COc1cccc(I)c1. The molecule has 0 fully saturated rings. The highest BCUT2D eigenvalue weighted by atomic mass is 127. The minimum Gasteiger partial charge on any atom is -0.494 e. The number of halogens is 1. The Balaban J connectivity index is 1.96. The van der Waals surface area contributed by atoms with Crippen molar-refractivity contribution in [2.45, 2.75) is 0 Å². The van der Waals surface area contributed by atoms with Gasteiger partial charge in [0.2, 0.25) is 0 Å². The lowest BCUT2D eigenvalue weighted by atomic mass is 10.2. The lowest BCUT2D eigenvalue weighted by Crippen LogP contribution is -2.20. The Labute approximate surface area is 136 Å². The standard InChI is InChI=1S/C15H15IN2O3/c1-20-14-8-11(17)5-6-13(14)18-15(19)9-21-12-4-2-3-10(16)7-12/h2-8H,9,17H2,1H3,(H,18,19). The molecule has 0 aromatic heterocycles. The Morgan fingerprint density at radius 3 is 2.81 bits per heavy atom. The summed E-state index contributed by atoms with van der Waals surface area (Å²) < 4.78 is 11.7. The highest BCUT2D eigenvalue weighted by Crippen LogP contribution is 2.26. The van der Waals surface area contributed by atoms with E-state index in [1.54, 1.807) is 24.3 Å². The zero-order valence-electron chi connectivity index (χ0n) is 11.4. The smallest absolute Gasteiger partial charge is 0.262 e. The van der Waals surface area contributed by atoms with Gasteiger partial charge in [0.15, 0.2) is 6.61 Å². The predicted molar refractivity (Wildman–Crippen MR) is 90.7 cm³/mol. The van der Waals surface area contributed by atoms with E-state index >= 15 is 0 Å². The van der Waals surface area contributed by atoms with E-state index in [9.17, 15) is 4.79 Å². The summed E-state index contributed by atoms with van der Waals surface area (Å²) in [5.74, 6) is 0.899. The van der Waals surface area contributed by atoms with Gasteiger partial charge in [0.25, 0.3) is 5.91 Å². The zero-order chi connectivity index (χ0) is 15.2. The molecule has 2 aromatic carbocycles. The molecule has 0 atom stereocenters. The third-order valence-electron chi connectivity index (χ3n) is 2.67. The second-order valence-corrected chi connectivity index (χ2v) is 5.50. The van der Waals surface area contributed by atoms with E-state index in [0.717, 1.165) is 3.57 Å². The van der Waals surface area contributed by atoms with Gasteiger partial charge >= 0.3 is 0 Å². The third kappa shape index (κ3) is 4.52. The van der Waals surface area contributed by atoms with Gasteiger partial charge in [-0.15, -0.1) is 0 Å². The number of nitrogens with two attached hydrogens (primary N) is 1. The Morgan fingerprint density at radius 2 is 2.10 bits per heavy atom. The summed E-state index contributed by atoms with van der Waals surface area (Å²) >= 11 is 2.18. The highest BCUT2D eigenvalue weighted by Gasteiger charge is 2.08. The summed E-state index contributed by atoms with van der Waals surface area (Å²) in [7, 11) is 1.52. The number of ether oxygens (including phenoxy) is 2. The van der Waals surface area contributed by atoms with Gasteiger partial charge in [0.1, 0.15) is 11.5 Å². The molecule has 2 aromatic rings. The van der Waals surface area contributed by atoms with Crippen molar-refractivity contribution in [3.63, 3.8) is 0 Å². The third-order valence-corrected chi connectivity index (χ3v) is 3.34. The largest absolute Gasteiger partial charge is 0.494 e. The van der Waals surface area contributed by atoms with Gasteiger partial charge in [-0.05, 0) is 52.9 Å². The first-order chi connectivity index (χ1) is 10.1. The van der Waals surface area contributed by atoms with Crippen LogP contribution in [0.2, 0.25) is 0 Å². The lowest BCUT2D eigenvalue weighted by molar-refractivity contribution is -0.118. The number of benzene rings is 2. The van der Waals surface area contributed by atoms with Crippen LogP contribution in [0.15, 0.2) is 42.5 Å². The first kappa shape index (κ1) is 15.4. The van der Waals surface area contributed by atoms with E-state index in [4.69, 9.17) is 15.2 Å². The van der Waals surface area contributed by atoms with E-state index in [2.05, 4.69) is 27.9 Å². The molecule has 110 valence electrons. The second kappa shape index (κ2) is 7.16. The van der Waals surface area contributed by atoms with Crippen molar-refractivity contribution in [1.82, 2.24) is 0 Å². The fraction of sp³-hybridized carbons (Fsp3) is 0.133. The number of nitrogens with one attached hydrogen (secondary N) is 1. The maximum atomic E-state index is 11.9. The van der Waals surface area contributed by atoms with Gasteiger partial charge in [0, 0.05) is 15.3 Å². The molecule has 0 bridgehead atoms.